The Balaban J connectivity index is 5.36. The normalized spacial score (nSPS) is 13.0. The van der Waals surface area contributed by atoms with E-state index < -0.39 is 40.2 Å². The van der Waals surface area contributed by atoms with Gasteiger partial charge in [-0.25, -0.2) is 5.26 Å². The first kappa shape index (κ1) is 29.3. The standard InChI is InChI=1S/C22H41NO8/c1-19(2,3)28-16(24)10-13-22(23-31-27,14-11-17(25)29-20(4,5)6)15-12-18(26)30-21(7,8)9/h23,27H,10-15H2,1-9H3. The molecule has 9 heteroatoms. The first-order valence-electron chi connectivity index (χ1n) is 10.6. The van der Waals surface area contributed by atoms with Gasteiger partial charge in [-0.3, -0.25) is 14.4 Å². The summed E-state index contributed by atoms with van der Waals surface area (Å²) in [6.45, 7) is 15.9. The summed E-state index contributed by atoms with van der Waals surface area (Å²) in [5.41, 5.74) is -0.509. The summed E-state index contributed by atoms with van der Waals surface area (Å²) >= 11 is 0. The van der Waals surface area contributed by atoms with E-state index in [0.29, 0.717) is 0 Å². The highest BCUT2D eigenvalue weighted by Crippen LogP contribution is 2.28. The quantitative estimate of drug-likeness (QED) is 0.209. The van der Waals surface area contributed by atoms with E-state index in [-0.39, 0.29) is 38.5 Å². The summed E-state index contributed by atoms with van der Waals surface area (Å²) in [6, 6.07) is 0. The van der Waals surface area contributed by atoms with Crippen molar-refractivity contribution in [2.45, 2.75) is 123 Å². The summed E-state index contributed by atoms with van der Waals surface area (Å²) in [5.74, 6) is -1.32. The van der Waals surface area contributed by atoms with Crippen molar-refractivity contribution in [3.8, 4) is 0 Å². The third-order valence-electron chi connectivity index (χ3n) is 3.95. The molecule has 0 aromatic carbocycles. The van der Waals surface area contributed by atoms with E-state index in [1.807, 2.05) is 0 Å². The van der Waals surface area contributed by atoms with Gasteiger partial charge in [-0.1, -0.05) is 0 Å². The van der Waals surface area contributed by atoms with E-state index in [1.54, 1.807) is 62.3 Å². The molecule has 0 spiro atoms. The van der Waals surface area contributed by atoms with Gasteiger partial charge in [0.15, 0.2) is 0 Å². The molecule has 0 aromatic rings. The predicted molar refractivity (Wildman–Crippen MR) is 115 cm³/mol. The number of hydroxylamine groups is 1. The van der Waals surface area contributed by atoms with Gasteiger partial charge in [0.25, 0.3) is 0 Å². The van der Waals surface area contributed by atoms with E-state index in [4.69, 9.17) is 19.5 Å². The van der Waals surface area contributed by atoms with Crippen LogP contribution in [0.2, 0.25) is 0 Å². The van der Waals surface area contributed by atoms with Crippen molar-refractivity contribution in [2.24, 2.45) is 0 Å². The van der Waals surface area contributed by atoms with Crippen LogP contribution in [0.15, 0.2) is 0 Å². The van der Waals surface area contributed by atoms with Crippen molar-refractivity contribution in [3.05, 3.63) is 0 Å². The minimum Gasteiger partial charge on any atom is -0.460 e. The number of nitrogens with one attached hydrogen (secondary N) is 1. The summed E-state index contributed by atoms with van der Waals surface area (Å²) in [4.78, 5) is 40.9. The fraction of sp³-hybridized carbons (Fsp3) is 0.864. The third-order valence-corrected chi connectivity index (χ3v) is 3.95. The maximum absolute atomic E-state index is 12.2. The molecule has 0 aromatic heterocycles. The number of carbonyl (C=O) groups excluding carboxylic acids is 3. The molecule has 0 saturated carbocycles. The molecule has 0 amide bonds. The number of hydrogen-bond acceptors (Lipinski definition) is 9. The summed E-state index contributed by atoms with van der Waals surface area (Å²) in [7, 11) is 0. The smallest absolute Gasteiger partial charge is 0.306 e. The zero-order chi connectivity index (χ0) is 24.5. The Labute approximate surface area is 186 Å². The molecule has 182 valence electrons. The van der Waals surface area contributed by atoms with E-state index >= 15 is 0 Å². The van der Waals surface area contributed by atoms with Crippen molar-refractivity contribution < 1.29 is 38.8 Å². The van der Waals surface area contributed by atoms with Crippen molar-refractivity contribution in [1.82, 2.24) is 5.48 Å². The second kappa shape index (κ2) is 11.8. The highest BCUT2D eigenvalue weighted by molar-refractivity contribution is 5.71. The minimum atomic E-state index is -1.06. The molecule has 2 N–H and O–H groups in total. The monoisotopic (exact) mass is 447 g/mol. The van der Waals surface area contributed by atoms with Crippen LogP contribution in [0.3, 0.4) is 0 Å². The molecular weight excluding hydrogens is 406 g/mol. The number of ether oxygens (including phenoxy) is 3. The van der Waals surface area contributed by atoms with Gasteiger partial charge in [0.05, 0.1) is 0 Å². The van der Waals surface area contributed by atoms with Crippen LogP contribution in [0, 0.1) is 0 Å². The Morgan fingerprint density at radius 2 is 0.871 bits per heavy atom. The Morgan fingerprint density at radius 3 is 1.06 bits per heavy atom. The average Bonchev–Trinajstić information content (AvgIpc) is 2.51. The van der Waals surface area contributed by atoms with Gasteiger partial charge in [-0.05, 0) is 81.6 Å². The topological polar surface area (TPSA) is 120 Å². The van der Waals surface area contributed by atoms with Gasteiger partial charge in [0.2, 0.25) is 0 Å². The lowest BCUT2D eigenvalue weighted by atomic mass is 9.84. The molecule has 0 aliphatic rings. The van der Waals surface area contributed by atoms with Crippen LogP contribution in [0.4, 0.5) is 0 Å². The summed E-state index contributed by atoms with van der Waals surface area (Å²) in [5, 5.41) is 9.10. The van der Waals surface area contributed by atoms with E-state index in [2.05, 4.69) is 10.5 Å². The van der Waals surface area contributed by atoms with Gasteiger partial charge in [0, 0.05) is 24.8 Å². The Morgan fingerprint density at radius 1 is 0.613 bits per heavy atom. The fourth-order valence-electron chi connectivity index (χ4n) is 2.83. The zero-order valence-electron chi connectivity index (χ0n) is 20.5. The molecular formula is C22H41NO8. The number of hydrogen-bond donors (Lipinski definition) is 2. The summed E-state index contributed by atoms with van der Waals surface area (Å²) < 4.78 is 16.0. The molecule has 0 atom stereocenters. The number of esters is 3. The second-order valence-electron chi connectivity index (χ2n) is 10.7. The van der Waals surface area contributed by atoms with Crippen molar-refractivity contribution in [1.29, 1.82) is 0 Å². The lowest BCUT2D eigenvalue weighted by Crippen LogP contribution is -2.46. The first-order chi connectivity index (χ1) is 13.9. The SMILES string of the molecule is CC(C)(C)OC(=O)CCC(CCC(=O)OC(C)(C)C)(CCC(=O)OC(C)(C)C)NOO. The van der Waals surface area contributed by atoms with Gasteiger partial charge in [0.1, 0.15) is 16.8 Å². The summed E-state index contributed by atoms with van der Waals surface area (Å²) in [6.07, 6.45) is 0.471. The molecule has 31 heavy (non-hydrogen) atoms. The second-order valence-corrected chi connectivity index (χ2v) is 10.7. The Hall–Kier alpha value is -1.71. The van der Waals surface area contributed by atoms with Crippen LogP contribution in [0.25, 0.3) is 0 Å². The predicted octanol–water partition coefficient (Wildman–Crippen LogP) is 4.09. The lowest BCUT2D eigenvalue weighted by molar-refractivity contribution is -0.312. The maximum atomic E-state index is 12.2. The molecule has 9 nitrogen and oxygen atoms in total. The number of rotatable bonds is 11. The molecule has 0 aliphatic carbocycles. The average molecular weight is 448 g/mol. The molecule has 0 rings (SSSR count). The van der Waals surface area contributed by atoms with Gasteiger partial charge < -0.3 is 14.2 Å². The molecule has 0 unspecified atom stereocenters. The van der Waals surface area contributed by atoms with Crippen molar-refractivity contribution in [3.63, 3.8) is 0 Å². The lowest BCUT2D eigenvalue weighted by Gasteiger charge is -2.33. The van der Waals surface area contributed by atoms with E-state index in [1.165, 1.54) is 0 Å². The van der Waals surface area contributed by atoms with Gasteiger partial charge in [-0.15, -0.1) is 4.99 Å². The molecule has 0 bridgehead atoms. The molecule has 0 saturated heterocycles. The maximum Gasteiger partial charge on any atom is 0.306 e. The van der Waals surface area contributed by atoms with E-state index in [9.17, 15) is 14.4 Å². The van der Waals surface area contributed by atoms with Crippen LogP contribution >= 0.6 is 0 Å². The first-order valence-corrected chi connectivity index (χ1v) is 10.6. The molecule has 0 radical (unpaired) electrons. The third kappa shape index (κ3) is 15.7. The van der Waals surface area contributed by atoms with Gasteiger partial charge in [-0.2, -0.15) is 5.48 Å². The van der Waals surface area contributed by atoms with Crippen molar-refractivity contribution in [2.75, 3.05) is 0 Å². The van der Waals surface area contributed by atoms with Gasteiger partial charge >= 0.3 is 17.9 Å². The minimum absolute atomic E-state index is 0.00370. The zero-order valence-corrected chi connectivity index (χ0v) is 20.5. The molecule has 0 fully saturated rings. The molecule has 0 aliphatic heterocycles. The highest BCUT2D eigenvalue weighted by atomic mass is 17.2. The molecule has 0 heterocycles. The Bertz CT molecular complexity index is 517. The Kier molecular flexibility index (Phi) is 11.1. The fourth-order valence-corrected chi connectivity index (χ4v) is 2.83. The van der Waals surface area contributed by atoms with Crippen LogP contribution in [-0.2, 0) is 33.6 Å². The van der Waals surface area contributed by atoms with Crippen LogP contribution in [0.1, 0.15) is 101 Å². The number of carbonyl (C=O) groups is 3. The van der Waals surface area contributed by atoms with Crippen LogP contribution in [-0.4, -0.2) is 45.5 Å². The van der Waals surface area contributed by atoms with Crippen LogP contribution < -0.4 is 5.48 Å². The largest absolute Gasteiger partial charge is 0.460 e. The van der Waals surface area contributed by atoms with Crippen molar-refractivity contribution >= 4 is 17.9 Å². The van der Waals surface area contributed by atoms with Crippen LogP contribution in [0.5, 0.6) is 0 Å². The van der Waals surface area contributed by atoms with E-state index in [0.717, 1.165) is 0 Å². The highest BCUT2D eigenvalue weighted by Gasteiger charge is 2.35.